The van der Waals surface area contributed by atoms with Crippen molar-refractivity contribution in [1.29, 1.82) is 0 Å². The molecule has 1 atom stereocenters. The van der Waals surface area contributed by atoms with Crippen LogP contribution in [0.4, 0.5) is 0 Å². The van der Waals surface area contributed by atoms with Crippen LogP contribution < -0.4 is 5.32 Å². The molecule has 1 unspecified atom stereocenters. The van der Waals surface area contributed by atoms with E-state index < -0.39 is 0 Å². The Balaban J connectivity index is 0. The van der Waals surface area contributed by atoms with Crippen molar-refractivity contribution in [2.24, 2.45) is 0 Å². The molecule has 0 bridgehead atoms. The number of aliphatic hydroxyl groups excluding tert-OH is 1. The summed E-state index contributed by atoms with van der Waals surface area (Å²) in [4.78, 5) is 0. The Morgan fingerprint density at radius 3 is 1.90 bits per heavy atom. The highest BCUT2D eigenvalue weighted by molar-refractivity contribution is 4.59. The van der Waals surface area contributed by atoms with Crippen LogP contribution in [-0.2, 0) is 0 Å². The van der Waals surface area contributed by atoms with Crippen LogP contribution >= 0.6 is 0 Å². The van der Waals surface area contributed by atoms with Crippen LogP contribution in [0.3, 0.4) is 0 Å². The molecule has 0 aliphatic heterocycles. The zero-order valence-corrected chi connectivity index (χ0v) is 7.65. The minimum atomic E-state index is 0.750. The monoisotopic (exact) mass is 147 g/mol. The Kier molecular flexibility index (Phi) is 14.7. The standard InChI is InChI=1S/C7H17N.CH4O/c1-4-6-7(5-2)8-3;1-2/h7-8H,4-6H2,1-3H3;2H,1H3. The molecule has 0 aliphatic rings. The van der Waals surface area contributed by atoms with Crippen molar-refractivity contribution in [3.05, 3.63) is 0 Å². The maximum Gasteiger partial charge on any atom is 0.0319 e. The van der Waals surface area contributed by atoms with E-state index in [1.165, 1.54) is 19.3 Å². The molecule has 0 amide bonds. The molecule has 2 nitrogen and oxygen atoms in total. The lowest BCUT2D eigenvalue weighted by molar-refractivity contribution is 0.399. The van der Waals surface area contributed by atoms with E-state index in [9.17, 15) is 0 Å². The first kappa shape index (κ1) is 12.6. The van der Waals surface area contributed by atoms with Gasteiger partial charge in [-0.2, -0.15) is 0 Å². The lowest BCUT2D eigenvalue weighted by Gasteiger charge is -2.10. The van der Waals surface area contributed by atoms with Gasteiger partial charge in [-0.15, -0.1) is 0 Å². The normalized spacial score (nSPS) is 11.7. The quantitative estimate of drug-likeness (QED) is 0.630. The molecule has 0 radical (unpaired) electrons. The molecule has 0 saturated heterocycles. The maximum atomic E-state index is 7.00. The molecule has 0 saturated carbocycles. The Hall–Kier alpha value is -0.0800. The minimum absolute atomic E-state index is 0.750. The summed E-state index contributed by atoms with van der Waals surface area (Å²) in [5, 5.41) is 10.3. The van der Waals surface area contributed by atoms with Crippen LogP contribution in [-0.4, -0.2) is 25.3 Å². The first-order valence-electron chi connectivity index (χ1n) is 3.97. The second-order valence-electron chi connectivity index (χ2n) is 2.18. The van der Waals surface area contributed by atoms with E-state index in [1.807, 2.05) is 7.05 Å². The summed E-state index contributed by atoms with van der Waals surface area (Å²) >= 11 is 0. The van der Waals surface area contributed by atoms with Gasteiger partial charge in [0.15, 0.2) is 0 Å². The van der Waals surface area contributed by atoms with Crippen LogP contribution in [0.2, 0.25) is 0 Å². The van der Waals surface area contributed by atoms with Crippen molar-refractivity contribution in [1.82, 2.24) is 5.32 Å². The predicted molar refractivity (Wildman–Crippen MR) is 46.2 cm³/mol. The molecule has 0 fully saturated rings. The third-order valence-corrected chi connectivity index (χ3v) is 1.54. The van der Waals surface area contributed by atoms with Gasteiger partial charge in [0.25, 0.3) is 0 Å². The lowest BCUT2D eigenvalue weighted by Crippen LogP contribution is -2.23. The van der Waals surface area contributed by atoms with Crippen LogP contribution in [0.15, 0.2) is 0 Å². The van der Waals surface area contributed by atoms with E-state index in [0.717, 1.165) is 13.2 Å². The van der Waals surface area contributed by atoms with Gasteiger partial charge in [0.05, 0.1) is 0 Å². The average Bonchev–Trinajstić information content (AvgIpc) is 2.04. The van der Waals surface area contributed by atoms with Gasteiger partial charge in [0.1, 0.15) is 0 Å². The molecular weight excluding hydrogens is 126 g/mol. The van der Waals surface area contributed by atoms with Gasteiger partial charge in [-0.3, -0.25) is 0 Å². The fourth-order valence-corrected chi connectivity index (χ4v) is 0.901. The summed E-state index contributed by atoms with van der Waals surface area (Å²) in [7, 11) is 3.03. The predicted octanol–water partition coefficient (Wildman–Crippen LogP) is 1.39. The SMILES string of the molecule is CCCC(CC)NC.CO. The van der Waals surface area contributed by atoms with E-state index >= 15 is 0 Å². The Bertz CT molecular complexity index is 44.5. The van der Waals surface area contributed by atoms with Crippen molar-refractivity contribution in [2.45, 2.75) is 39.2 Å². The average molecular weight is 147 g/mol. The molecule has 10 heavy (non-hydrogen) atoms. The fourth-order valence-electron chi connectivity index (χ4n) is 0.901. The Labute approximate surface area is 64.6 Å². The molecule has 64 valence electrons. The van der Waals surface area contributed by atoms with E-state index in [1.54, 1.807) is 0 Å². The molecule has 2 heteroatoms. The fraction of sp³-hybridized carbons (Fsp3) is 1.00. The lowest BCUT2D eigenvalue weighted by atomic mass is 10.1. The number of nitrogens with one attached hydrogen (secondary N) is 1. The van der Waals surface area contributed by atoms with Gasteiger partial charge in [0.2, 0.25) is 0 Å². The van der Waals surface area contributed by atoms with Gasteiger partial charge in [-0.25, -0.2) is 0 Å². The molecule has 0 aliphatic carbocycles. The zero-order chi connectivity index (χ0) is 8.41. The summed E-state index contributed by atoms with van der Waals surface area (Å²) in [6.07, 6.45) is 3.86. The second kappa shape index (κ2) is 11.7. The van der Waals surface area contributed by atoms with Gasteiger partial charge >= 0.3 is 0 Å². The molecule has 0 aromatic heterocycles. The van der Waals surface area contributed by atoms with E-state index in [4.69, 9.17) is 5.11 Å². The molecule has 0 spiro atoms. The third kappa shape index (κ3) is 7.92. The van der Waals surface area contributed by atoms with E-state index in [-0.39, 0.29) is 0 Å². The highest BCUT2D eigenvalue weighted by Gasteiger charge is 1.97. The van der Waals surface area contributed by atoms with Crippen molar-refractivity contribution in [3.63, 3.8) is 0 Å². The summed E-state index contributed by atoms with van der Waals surface area (Å²) in [5.74, 6) is 0. The van der Waals surface area contributed by atoms with Crippen molar-refractivity contribution in [2.75, 3.05) is 14.2 Å². The molecule has 0 heterocycles. The van der Waals surface area contributed by atoms with Crippen molar-refractivity contribution < 1.29 is 5.11 Å². The largest absolute Gasteiger partial charge is 0.400 e. The van der Waals surface area contributed by atoms with E-state index in [0.29, 0.717) is 0 Å². The van der Waals surface area contributed by atoms with Crippen LogP contribution in [0.1, 0.15) is 33.1 Å². The molecule has 2 N–H and O–H groups in total. The van der Waals surface area contributed by atoms with Crippen LogP contribution in [0.5, 0.6) is 0 Å². The molecule has 0 aromatic carbocycles. The highest BCUT2D eigenvalue weighted by atomic mass is 16.2. The third-order valence-electron chi connectivity index (χ3n) is 1.54. The first-order valence-corrected chi connectivity index (χ1v) is 3.97. The topological polar surface area (TPSA) is 32.3 Å². The van der Waals surface area contributed by atoms with Crippen molar-refractivity contribution >= 4 is 0 Å². The van der Waals surface area contributed by atoms with Crippen LogP contribution in [0, 0.1) is 0 Å². The second-order valence-corrected chi connectivity index (χ2v) is 2.18. The summed E-state index contributed by atoms with van der Waals surface area (Å²) in [6, 6.07) is 0.750. The minimum Gasteiger partial charge on any atom is -0.400 e. The maximum absolute atomic E-state index is 7.00. The van der Waals surface area contributed by atoms with Crippen LogP contribution in [0.25, 0.3) is 0 Å². The number of aliphatic hydroxyl groups is 1. The molecule has 0 aromatic rings. The number of hydrogen-bond acceptors (Lipinski definition) is 2. The number of hydrogen-bond donors (Lipinski definition) is 2. The number of rotatable bonds is 4. The summed E-state index contributed by atoms with van der Waals surface area (Å²) in [6.45, 7) is 4.44. The molecule has 0 rings (SSSR count). The van der Waals surface area contributed by atoms with Gasteiger partial charge in [-0.1, -0.05) is 20.3 Å². The first-order chi connectivity index (χ1) is 4.85. The van der Waals surface area contributed by atoms with Gasteiger partial charge in [0, 0.05) is 13.2 Å². The Morgan fingerprint density at radius 1 is 1.30 bits per heavy atom. The van der Waals surface area contributed by atoms with Gasteiger partial charge in [-0.05, 0) is 19.9 Å². The van der Waals surface area contributed by atoms with Crippen molar-refractivity contribution in [3.8, 4) is 0 Å². The molecular formula is C8H21NO. The summed E-state index contributed by atoms with van der Waals surface area (Å²) in [5.41, 5.74) is 0. The highest BCUT2D eigenvalue weighted by Crippen LogP contribution is 1.98. The summed E-state index contributed by atoms with van der Waals surface area (Å²) < 4.78 is 0. The zero-order valence-electron chi connectivity index (χ0n) is 7.65. The smallest absolute Gasteiger partial charge is 0.0319 e. The Morgan fingerprint density at radius 2 is 1.80 bits per heavy atom. The van der Waals surface area contributed by atoms with Gasteiger partial charge < -0.3 is 10.4 Å². The van der Waals surface area contributed by atoms with E-state index in [2.05, 4.69) is 19.2 Å².